The summed E-state index contributed by atoms with van der Waals surface area (Å²) < 4.78 is 62.8. The van der Waals surface area contributed by atoms with Crippen molar-refractivity contribution in [3.8, 4) is 11.1 Å². The van der Waals surface area contributed by atoms with E-state index in [1.807, 2.05) is 0 Å². The topological polar surface area (TPSA) is 72.9 Å². The molecule has 0 aliphatic rings. The molecule has 0 aliphatic heterocycles. The first-order valence-electron chi connectivity index (χ1n) is 8.33. The third-order valence-electron chi connectivity index (χ3n) is 4.33. The molecule has 0 radical (unpaired) electrons. The lowest BCUT2D eigenvalue weighted by atomic mass is 9.97. The van der Waals surface area contributed by atoms with Gasteiger partial charge in [-0.15, -0.1) is 0 Å². The van der Waals surface area contributed by atoms with Crippen molar-refractivity contribution in [1.82, 2.24) is 14.1 Å². The number of benzene rings is 1. The Morgan fingerprint density at radius 3 is 2.55 bits per heavy atom. The number of imidazole rings is 1. The predicted molar refractivity (Wildman–Crippen MR) is 94.3 cm³/mol. The molecule has 0 amide bonds. The molecule has 2 heterocycles. The van der Waals surface area contributed by atoms with Crippen molar-refractivity contribution >= 4 is 5.97 Å². The van der Waals surface area contributed by atoms with E-state index in [4.69, 9.17) is 5.41 Å². The number of hydrogen-bond donors (Lipinski definition) is 1. The standard InChI is InChI=1S/C19H16F4N4O2/c1-26-6-7-27(18(26)24)10-11-8-13(15(20)14(9-11)17(28)29-2)12-4-3-5-25-16(12)19(21,22)23/h3-9,24H,10H2,1-2H3. The number of aromatic nitrogens is 3. The van der Waals surface area contributed by atoms with E-state index in [0.29, 0.717) is 5.56 Å². The first-order chi connectivity index (χ1) is 13.6. The molecule has 1 N–H and O–H groups in total. The van der Waals surface area contributed by atoms with E-state index in [0.717, 1.165) is 19.4 Å². The van der Waals surface area contributed by atoms with Crippen molar-refractivity contribution in [1.29, 1.82) is 5.41 Å². The van der Waals surface area contributed by atoms with Crippen LogP contribution in [0.25, 0.3) is 11.1 Å². The molecular formula is C19H16F4N4O2. The van der Waals surface area contributed by atoms with E-state index < -0.39 is 40.3 Å². The molecule has 6 nitrogen and oxygen atoms in total. The highest BCUT2D eigenvalue weighted by Crippen LogP contribution is 2.37. The van der Waals surface area contributed by atoms with Gasteiger partial charge in [0.15, 0.2) is 5.69 Å². The summed E-state index contributed by atoms with van der Waals surface area (Å²) in [5.74, 6) is -2.16. The number of halogens is 4. The number of hydrogen-bond acceptors (Lipinski definition) is 4. The van der Waals surface area contributed by atoms with Crippen molar-refractivity contribution in [2.75, 3.05) is 7.11 Å². The number of alkyl halides is 3. The first kappa shape index (κ1) is 20.3. The van der Waals surface area contributed by atoms with Crippen LogP contribution >= 0.6 is 0 Å². The van der Waals surface area contributed by atoms with Gasteiger partial charge in [-0.2, -0.15) is 13.2 Å². The van der Waals surface area contributed by atoms with Gasteiger partial charge in [-0.25, -0.2) is 9.18 Å². The Morgan fingerprint density at radius 1 is 1.24 bits per heavy atom. The maximum absolute atomic E-state index is 15.0. The molecular weight excluding hydrogens is 392 g/mol. The van der Waals surface area contributed by atoms with Crippen molar-refractivity contribution < 1.29 is 27.1 Å². The lowest BCUT2D eigenvalue weighted by Crippen LogP contribution is -2.23. The van der Waals surface area contributed by atoms with Crippen LogP contribution in [0.1, 0.15) is 21.6 Å². The Balaban J connectivity index is 2.23. The van der Waals surface area contributed by atoms with Gasteiger partial charge in [-0.05, 0) is 23.8 Å². The molecule has 3 aromatic rings. The fourth-order valence-corrected chi connectivity index (χ4v) is 2.93. The second-order valence-electron chi connectivity index (χ2n) is 6.25. The molecule has 1 aromatic carbocycles. The average molecular weight is 408 g/mol. The number of pyridine rings is 1. The normalized spacial score (nSPS) is 11.5. The van der Waals surface area contributed by atoms with Gasteiger partial charge in [-0.3, -0.25) is 10.4 Å². The SMILES string of the molecule is COC(=O)c1cc(Cn2ccn(C)c2=N)cc(-c2cccnc2C(F)(F)F)c1F. The van der Waals surface area contributed by atoms with Gasteiger partial charge in [-0.1, -0.05) is 6.07 Å². The highest BCUT2D eigenvalue weighted by Gasteiger charge is 2.36. The van der Waals surface area contributed by atoms with Gasteiger partial charge >= 0.3 is 12.1 Å². The van der Waals surface area contributed by atoms with Crippen LogP contribution in [-0.2, 0) is 24.5 Å². The number of rotatable bonds is 4. The minimum atomic E-state index is -4.81. The summed E-state index contributed by atoms with van der Waals surface area (Å²) in [6, 6.07) is 4.76. The highest BCUT2D eigenvalue weighted by molar-refractivity contribution is 5.92. The van der Waals surface area contributed by atoms with Gasteiger partial charge in [0, 0.05) is 36.8 Å². The fourth-order valence-electron chi connectivity index (χ4n) is 2.93. The quantitative estimate of drug-likeness (QED) is 0.532. The maximum atomic E-state index is 15.0. The van der Waals surface area contributed by atoms with Crippen LogP contribution < -0.4 is 5.62 Å². The van der Waals surface area contributed by atoms with Crippen LogP contribution in [-0.4, -0.2) is 27.2 Å². The number of nitrogens with one attached hydrogen (secondary N) is 1. The number of carbonyl (C=O) groups is 1. The number of ether oxygens (including phenoxy) is 1. The summed E-state index contributed by atoms with van der Waals surface area (Å²) >= 11 is 0. The molecule has 152 valence electrons. The number of aryl methyl sites for hydroxylation is 1. The minimum Gasteiger partial charge on any atom is -0.465 e. The average Bonchev–Trinajstić information content (AvgIpc) is 3.00. The van der Waals surface area contributed by atoms with Gasteiger partial charge in [0.1, 0.15) is 5.82 Å². The highest BCUT2D eigenvalue weighted by atomic mass is 19.4. The largest absolute Gasteiger partial charge is 0.465 e. The second kappa shape index (κ2) is 7.53. The van der Waals surface area contributed by atoms with Gasteiger partial charge < -0.3 is 13.9 Å². The summed E-state index contributed by atoms with van der Waals surface area (Å²) in [4.78, 5) is 15.4. The van der Waals surface area contributed by atoms with Crippen molar-refractivity contribution in [2.24, 2.45) is 7.05 Å². The molecule has 0 fully saturated rings. The van der Waals surface area contributed by atoms with Gasteiger partial charge in [0.05, 0.1) is 19.2 Å². The zero-order valence-electron chi connectivity index (χ0n) is 15.4. The first-order valence-corrected chi connectivity index (χ1v) is 8.33. The smallest absolute Gasteiger partial charge is 0.433 e. The molecule has 10 heteroatoms. The number of carbonyl (C=O) groups excluding carboxylic acids is 1. The van der Waals surface area contributed by atoms with Crippen LogP contribution in [0.3, 0.4) is 0 Å². The predicted octanol–water partition coefficient (Wildman–Crippen LogP) is 3.36. The molecule has 29 heavy (non-hydrogen) atoms. The monoisotopic (exact) mass is 408 g/mol. The van der Waals surface area contributed by atoms with Crippen molar-refractivity contribution in [2.45, 2.75) is 12.7 Å². The molecule has 0 atom stereocenters. The third kappa shape index (κ3) is 3.91. The van der Waals surface area contributed by atoms with E-state index in [-0.39, 0.29) is 12.2 Å². The zero-order chi connectivity index (χ0) is 21.3. The lowest BCUT2D eigenvalue weighted by molar-refractivity contribution is -0.140. The van der Waals surface area contributed by atoms with Crippen LogP contribution in [0.5, 0.6) is 0 Å². The van der Waals surface area contributed by atoms with Crippen LogP contribution in [0.4, 0.5) is 17.6 Å². The van der Waals surface area contributed by atoms with E-state index in [9.17, 15) is 18.0 Å². The van der Waals surface area contributed by atoms with E-state index >= 15 is 4.39 Å². The molecule has 2 aromatic heterocycles. The Morgan fingerprint density at radius 2 is 1.97 bits per heavy atom. The molecule has 0 saturated carbocycles. The summed E-state index contributed by atoms with van der Waals surface area (Å²) in [5, 5.41) is 7.98. The molecule has 0 saturated heterocycles. The fraction of sp³-hybridized carbons (Fsp3) is 0.211. The van der Waals surface area contributed by atoms with Crippen LogP contribution in [0.2, 0.25) is 0 Å². The van der Waals surface area contributed by atoms with Crippen molar-refractivity contribution in [3.63, 3.8) is 0 Å². The Bertz CT molecular complexity index is 1130. The maximum Gasteiger partial charge on any atom is 0.433 e. The van der Waals surface area contributed by atoms with Crippen LogP contribution in [0.15, 0.2) is 42.9 Å². The minimum absolute atomic E-state index is 0.0402. The Kier molecular flexibility index (Phi) is 5.27. The number of methoxy groups -OCH3 is 1. The Labute approximate surface area is 162 Å². The summed E-state index contributed by atoms with van der Waals surface area (Å²) in [7, 11) is 2.70. The molecule has 0 spiro atoms. The van der Waals surface area contributed by atoms with E-state index in [1.165, 1.54) is 27.3 Å². The van der Waals surface area contributed by atoms with E-state index in [2.05, 4.69) is 9.72 Å². The van der Waals surface area contributed by atoms with Crippen LogP contribution in [0, 0.1) is 11.2 Å². The lowest BCUT2D eigenvalue weighted by Gasteiger charge is -2.15. The number of esters is 1. The summed E-state index contributed by atoms with van der Waals surface area (Å²) in [6.07, 6.45) is -0.639. The summed E-state index contributed by atoms with van der Waals surface area (Å²) in [6.45, 7) is 0.0402. The number of nitrogens with zero attached hydrogens (tertiary/aromatic N) is 3. The van der Waals surface area contributed by atoms with Gasteiger partial charge in [0.25, 0.3) is 0 Å². The van der Waals surface area contributed by atoms with E-state index in [1.54, 1.807) is 19.4 Å². The van der Waals surface area contributed by atoms with Gasteiger partial charge in [0.2, 0.25) is 5.62 Å². The third-order valence-corrected chi connectivity index (χ3v) is 4.33. The summed E-state index contributed by atoms with van der Waals surface area (Å²) in [5.41, 5.74) is -2.24. The molecule has 3 rings (SSSR count). The molecule has 0 unspecified atom stereocenters. The Hall–Kier alpha value is -3.43. The zero-order valence-corrected chi connectivity index (χ0v) is 15.4. The molecule has 0 bridgehead atoms. The van der Waals surface area contributed by atoms with Crippen molar-refractivity contribution in [3.05, 3.63) is 71.1 Å². The molecule has 0 aliphatic carbocycles. The second-order valence-corrected chi connectivity index (χ2v) is 6.25.